The summed E-state index contributed by atoms with van der Waals surface area (Å²) < 4.78 is 11.0. The Morgan fingerprint density at radius 3 is 2.59 bits per heavy atom. The van der Waals surface area contributed by atoms with Crippen LogP contribution < -0.4 is 20.1 Å². The van der Waals surface area contributed by atoms with Gasteiger partial charge in [0.1, 0.15) is 23.8 Å². The Morgan fingerprint density at radius 1 is 1.21 bits per heavy atom. The zero-order valence-electron chi connectivity index (χ0n) is 19.7. The Morgan fingerprint density at radius 2 is 1.94 bits per heavy atom. The molecule has 0 bridgehead atoms. The first-order chi connectivity index (χ1) is 16.4. The Kier molecular flexibility index (Phi) is 7.38. The second-order valence-corrected chi connectivity index (χ2v) is 9.49. The second-order valence-electron chi connectivity index (χ2n) is 9.49. The SMILES string of the molecule is COc1ccc(OC(C)C(=O)N2C[C@@H]3CCC[C@H]3[C@@H]2C(=O)N[C@H](C=O)C[C@@H]2CCNC2=O)cc1. The van der Waals surface area contributed by atoms with E-state index in [1.165, 1.54) is 0 Å². The first-order valence-corrected chi connectivity index (χ1v) is 12.1. The number of carbonyl (C=O) groups is 4. The molecule has 3 fully saturated rings. The number of amides is 3. The van der Waals surface area contributed by atoms with Crippen LogP contribution in [0.4, 0.5) is 0 Å². The lowest BCUT2D eigenvalue weighted by atomic mass is 9.92. The number of nitrogens with one attached hydrogen (secondary N) is 2. The largest absolute Gasteiger partial charge is 0.497 e. The predicted octanol–water partition coefficient (Wildman–Crippen LogP) is 1.30. The molecule has 1 aliphatic carbocycles. The topological polar surface area (TPSA) is 114 Å². The number of likely N-dealkylation sites (tertiary alicyclic amines) is 1. The number of fused-ring (bicyclic) bond motifs is 1. The highest BCUT2D eigenvalue weighted by molar-refractivity contribution is 5.91. The van der Waals surface area contributed by atoms with E-state index in [0.717, 1.165) is 19.3 Å². The van der Waals surface area contributed by atoms with Gasteiger partial charge in [-0.25, -0.2) is 0 Å². The van der Waals surface area contributed by atoms with Crippen molar-refractivity contribution < 1.29 is 28.7 Å². The number of ether oxygens (including phenoxy) is 2. The fourth-order valence-corrected chi connectivity index (χ4v) is 5.60. The van der Waals surface area contributed by atoms with E-state index in [1.54, 1.807) is 43.2 Å². The van der Waals surface area contributed by atoms with Crippen molar-refractivity contribution in [2.75, 3.05) is 20.2 Å². The van der Waals surface area contributed by atoms with E-state index in [9.17, 15) is 19.2 Å². The summed E-state index contributed by atoms with van der Waals surface area (Å²) in [6, 6.07) is 5.59. The molecule has 1 saturated carbocycles. The van der Waals surface area contributed by atoms with Gasteiger partial charge in [0.15, 0.2) is 6.10 Å². The molecule has 6 atom stereocenters. The molecule has 1 aromatic rings. The molecule has 2 heterocycles. The van der Waals surface area contributed by atoms with Crippen molar-refractivity contribution in [1.82, 2.24) is 15.5 Å². The number of hydrogen-bond donors (Lipinski definition) is 2. The van der Waals surface area contributed by atoms with Crippen LogP contribution in [0.3, 0.4) is 0 Å². The first-order valence-electron chi connectivity index (χ1n) is 12.1. The van der Waals surface area contributed by atoms with Crippen LogP contribution in [0.1, 0.15) is 39.0 Å². The van der Waals surface area contributed by atoms with Crippen LogP contribution in [-0.2, 0) is 19.2 Å². The third kappa shape index (κ3) is 5.03. The lowest BCUT2D eigenvalue weighted by Gasteiger charge is -2.30. The van der Waals surface area contributed by atoms with E-state index in [4.69, 9.17) is 9.47 Å². The van der Waals surface area contributed by atoms with Gasteiger partial charge in [-0.2, -0.15) is 0 Å². The summed E-state index contributed by atoms with van der Waals surface area (Å²) in [6.45, 7) is 2.78. The van der Waals surface area contributed by atoms with Crippen molar-refractivity contribution in [1.29, 1.82) is 0 Å². The van der Waals surface area contributed by atoms with Gasteiger partial charge < -0.3 is 29.8 Å². The van der Waals surface area contributed by atoms with E-state index in [1.807, 2.05) is 0 Å². The summed E-state index contributed by atoms with van der Waals surface area (Å²) in [5.41, 5.74) is 0. The molecule has 2 saturated heterocycles. The summed E-state index contributed by atoms with van der Waals surface area (Å²) in [7, 11) is 1.58. The van der Waals surface area contributed by atoms with Gasteiger partial charge in [-0.05, 0) is 68.7 Å². The van der Waals surface area contributed by atoms with E-state index in [-0.39, 0.29) is 41.9 Å². The molecule has 9 heteroatoms. The minimum Gasteiger partial charge on any atom is -0.497 e. The second kappa shape index (κ2) is 10.4. The zero-order valence-corrected chi connectivity index (χ0v) is 19.7. The molecule has 2 aliphatic heterocycles. The molecule has 3 amide bonds. The maximum atomic E-state index is 13.4. The highest BCUT2D eigenvalue weighted by Crippen LogP contribution is 2.42. The molecule has 184 valence electrons. The number of carbonyl (C=O) groups excluding carboxylic acids is 4. The summed E-state index contributed by atoms with van der Waals surface area (Å²) in [6.07, 6.45) is 3.71. The van der Waals surface area contributed by atoms with Crippen LogP contribution in [0.5, 0.6) is 11.5 Å². The standard InChI is InChI=1S/C25H33N3O6/c1-15(34-20-8-6-19(33-2)7-9-20)25(32)28-13-17-4-3-5-21(17)22(28)24(31)27-18(14-29)12-16-10-11-26-23(16)30/h6-9,14-18,21-22H,3-5,10-13H2,1-2H3,(H,26,30)(H,27,31)/t15?,16-,17-,18-,21+,22+/m0/s1. The molecule has 1 aromatic carbocycles. The van der Waals surface area contributed by atoms with Gasteiger partial charge in [-0.15, -0.1) is 0 Å². The number of hydrogen-bond acceptors (Lipinski definition) is 6. The van der Waals surface area contributed by atoms with Crippen LogP contribution in [0.15, 0.2) is 24.3 Å². The predicted molar refractivity (Wildman–Crippen MR) is 123 cm³/mol. The molecule has 1 unspecified atom stereocenters. The Balaban J connectivity index is 1.44. The number of aldehydes is 1. The van der Waals surface area contributed by atoms with Gasteiger partial charge in [0, 0.05) is 19.0 Å². The number of nitrogens with zero attached hydrogens (tertiary/aromatic N) is 1. The van der Waals surface area contributed by atoms with Crippen LogP contribution >= 0.6 is 0 Å². The van der Waals surface area contributed by atoms with E-state index >= 15 is 0 Å². The van der Waals surface area contributed by atoms with Crippen LogP contribution in [0.25, 0.3) is 0 Å². The van der Waals surface area contributed by atoms with Crippen LogP contribution in [0, 0.1) is 17.8 Å². The minimum atomic E-state index is -0.772. The van der Waals surface area contributed by atoms with E-state index < -0.39 is 18.2 Å². The van der Waals surface area contributed by atoms with Crippen molar-refractivity contribution in [2.24, 2.45) is 17.8 Å². The zero-order chi connectivity index (χ0) is 24.2. The minimum absolute atomic E-state index is 0.0687. The Hall–Kier alpha value is -3.10. The average molecular weight is 472 g/mol. The Labute approximate surface area is 199 Å². The molecule has 2 N–H and O–H groups in total. The van der Waals surface area contributed by atoms with Crippen molar-refractivity contribution in [3.63, 3.8) is 0 Å². The van der Waals surface area contributed by atoms with E-state index in [0.29, 0.717) is 37.3 Å². The lowest BCUT2D eigenvalue weighted by Crippen LogP contribution is -2.54. The fourth-order valence-electron chi connectivity index (χ4n) is 5.60. The summed E-state index contributed by atoms with van der Waals surface area (Å²) >= 11 is 0. The maximum absolute atomic E-state index is 13.4. The molecular weight excluding hydrogens is 438 g/mol. The van der Waals surface area contributed by atoms with Crippen LogP contribution in [0.2, 0.25) is 0 Å². The summed E-state index contributed by atoms with van der Waals surface area (Å²) in [5.74, 6) is 0.627. The highest BCUT2D eigenvalue weighted by atomic mass is 16.5. The number of benzene rings is 1. The third-order valence-corrected chi connectivity index (χ3v) is 7.36. The van der Waals surface area contributed by atoms with Crippen molar-refractivity contribution in [3.8, 4) is 11.5 Å². The van der Waals surface area contributed by atoms with Crippen molar-refractivity contribution >= 4 is 24.0 Å². The van der Waals surface area contributed by atoms with Gasteiger partial charge in [-0.1, -0.05) is 6.42 Å². The van der Waals surface area contributed by atoms with Gasteiger partial charge in [-0.3, -0.25) is 14.4 Å². The molecule has 0 spiro atoms. The summed E-state index contributed by atoms with van der Waals surface area (Å²) in [5, 5.41) is 5.58. The molecule has 34 heavy (non-hydrogen) atoms. The first kappa shape index (κ1) is 24.0. The quantitative estimate of drug-likeness (QED) is 0.525. The van der Waals surface area contributed by atoms with Gasteiger partial charge in [0.2, 0.25) is 11.8 Å². The van der Waals surface area contributed by atoms with Crippen molar-refractivity contribution in [2.45, 2.75) is 57.2 Å². The maximum Gasteiger partial charge on any atom is 0.264 e. The smallest absolute Gasteiger partial charge is 0.264 e. The molecule has 3 aliphatic rings. The molecule has 0 aromatic heterocycles. The third-order valence-electron chi connectivity index (χ3n) is 7.36. The molecule has 4 rings (SSSR count). The van der Waals surface area contributed by atoms with Gasteiger partial charge in [0.25, 0.3) is 5.91 Å². The Bertz CT molecular complexity index is 920. The van der Waals surface area contributed by atoms with Crippen LogP contribution in [-0.4, -0.2) is 67.3 Å². The average Bonchev–Trinajstić information content (AvgIpc) is 3.54. The number of methoxy groups -OCH3 is 1. The number of rotatable bonds is 9. The lowest BCUT2D eigenvalue weighted by molar-refractivity contribution is -0.144. The van der Waals surface area contributed by atoms with Crippen molar-refractivity contribution in [3.05, 3.63) is 24.3 Å². The molecule has 0 radical (unpaired) electrons. The van der Waals surface area contributed by atoms with Gasteiger partial charge in [0.05, 0.1) is 13.2 Å². The molecular formula is C25H33N3O6. The van der Waals surface area contributed by atoms with E-state index in [2.05, 4.69) is 10.6 Å². The normalized spacial score (nSPS) is 27.5. The summed E-state index contributed by atoms with van der Waals surface area (Å²) in [4.78, 5) is 52.0. The highest BCUT2D eigenvalue weighted by Gasteiger charge is 2.50. The fraction of sp³-hybridized carbons (Fsp3) is 0.600. The molecule has 9 nitrogen and oxygen atoms in total. The van der Waals surface area contributed by atoms with Gasteiger partial charge >= 0.3 is 0 Å². The monoisotopic (exact) mass is 471 g/mol.